The highest BCUT2D eigenvalue weighted by Crippen LogP contribution is 2.48. The van der Waals surface area contributed by atoms with Crippen molar-refractivity contribution >= 4 is 0 Å². The molecule has 16 heavy (non-hydrogen) atoms. The van der Waals surface area contributed by atoms with Crippen LogP contribution in [0.3, 0.4) is 0 Å². The number of hydrogen-bond donors (Lipinski definition) is 2. The van der Waals surface area contributed by atoms with E-state index in [1.807, 2.05) is 12.4 Å². The highest BCUT2D eigenvalue weighted by Gasteiger charge is 2.48. The number of nitrogens with one attached hydrogen (secondary N) is 2. The van der Waals surface area contributed by atoms with Crippen molar-refractivity contribution < 1.29 is 0 Å². The van der Waals surface area contributed by atoms with Gasteiger partial charge in [-0.05, 0) is 12.8 Å². The van der Waals surface area contributed by atoms with Gasteiger partial charge in [0.2, 0.25) is 0 Å². The van der Waals surface area contributed by atoms with E-state index in [2.05, 4.69) is 20.6 Å². The van der Waals surface area contributed by atoms with Crippen LogP contribution in [-0.2, 0) is 0 Å². The maximum Gasteiger partial charge on any atom is 0.0669 e. The van der Waals surface area contributed by atoms with Crippen LogP contribution in [0.25, 0.3) is 0 Å². The van der Waals surface area contributed by atoms with Crippen LogP contribution in [0, 0.1) is 0 Å². The van der Waals surface area contributed by atoms with E-state index in [0.29, 0.717) is 23.9 Å². The predicted molar refractivity (Wildman–Crippen MR) is 60.3 cm³/mol. The Morgan fingerprint density at radius 2 is 1.38 bits per heavy atom. The van der Waals surface area contributed by atoms with Crippen LogP contribution in [0.2, 0.25) is 0 Å². The number of hydrogen-bond acceptors (Lipinski definition) is 4. The first-order valence-corrected chi connectivity index (χ1v) is 6.23. The first-order chi connectivity index (χ1) is 7.95. The van der Waals surface area contributed by atoms with Crippen molar-refractivity contribution in [1.29, 1.82) is 0 Å². The van der Waals surface area contributed by atoms with Gasteiger partial charge in [0.25, 0.3) is 0 Å². The molecular weight excluding hydrogens is 200 g/mol. The lowest BCUT2D eigenvalue weighted by molar-refractivity contribution is 0.170. The monoisotopic (exact) mass is 216 g/mol. The molecule has 2 N–H and O–H groups in total. The van der Waals surface area contributed by atoms with Crippen LogP contribution in [-0.4, -0.2) is 35.1 Å². The molecule has 1 aromatic rings. The summed E-state index contributed by atoms with van der Waals surface area (Å²) in [5.74, 6) is 1.15. The topological polar surface area (TPSA) is 49.8 Å². The first kappa shape index (κ1) is 9.07. The van der Waals surface area contributed by atoms with E-state index < -0.39 is 0 Å². The fourth-order valence-corrected chi connectivity index (χ4v) is 3.78. The van der Waals surface area contributed by atoms with Gasteiger partial charge in [-0.1, -0.05) is 0 Å². The average molecular weight is 216 g/mol. The Labute approximate surface area is 94.9 Å². The molecule has 4 heteroatoms. The Balaban J connectivity index is 1.85. The van der Waals surface area contributed by atoms with E-state index >= 15 is 0 Å². The van der Waals surface area contributed by atoms with Crippen molar-refractivity contribution in [2.75, 3.05) is 13.1 Å². The second-order valence-electron chi connectivity index (χ2n) is 5.08. The fraction of sp³-hybridized carbons (Fsp3) is 0.667. The summed E-state index contributed by atoms with van der Waals surface area (Å²) in [6.45, 7) is 2.17. The van der Waals surface area contributed by atoms with E-state index in [-0.39, 0.29) is 0 Å². The highest BCUT2D eigenvalue weighted by molar-refractivity contribution is 5.33. The van der Waals surface area contributed by atoms with Crippen LogP contribution in [0.15, 0.2) is 12.4 Å². The molecule has 1 aromatic heterocycles. The lowest BCUT2D eigenvalue weighted by Crippen LogP contribution is -2.64. The summed E-state index contributed by atoms with van der Waals surface area (Å²) in [6, 6.07) is 1.16. The summed E-state index contributed by atoms with van der Waals surface area (Å²) in [4.78, 5) is 9.13. The fourth-order valence-electron chi connectivity index (χ4n) is 3.78. The van der Waals surface area contributed by atoms with Crippen molar-refractivity contribution in [2.24, 2.45) is 0 Å². The number of nitrogens with zero attached hydrogens (tertiary/aromatic N) is 2. The number of fused-ring (bicyclic) bond motifs is 1. The third-order valence-electron chi connectivity index (χ3n) is 4.39. The Morgan fingerprint density at radius 3 is 1.88 bits per heavy atom. The molecule has 2 bridgehead atoms. The minimum atomic E-state index is 0.575. The van der Waals surface area contributed by atoms with E-state index in [0.717, 1.165) is 13.1 Å². The largest absolute Gasteiger partial charge is 0.310 e. The van der Waals surface area contributed by atoms with E-state index in [9.17, 15) is 0 Å². The minimum Gasteiger partial charge on any atom is -0.310 e. The molecule has 1 aliphatic heterocycles. The molecule has 5 rings (SSSR count). The molecule has 2 fully saturated rings. The van der Waals surface area contributed by atoms with Gasteiger partial charge in [-0.3, -0.25) is 9.97 Å². The van der Waals surface area contributed by atoms with Gasteiger partial charge in [0.1, 0.15) is 0 Å². The van der Waals surface area contributed by atoms with Crippen LogP contribution in [0.4, 0.5) is 0 Å². The molecule has 3 aliphatic carbocycles. The van der Waals surface area contributed by atoms with Gasteiger partial charge in [-0.2, -0.15) is 0 Å². The maximum absolute atomic E-state index is 4.56. The summed E-state index contributed by atoms with van der Waals surface area (Å²) in [7, 11) is 0. The zero-order valence-electron chi connectivity index (χ0n) is 9.19. The number of aromatic nitrogens is 2. The van der Waals surface area contributed by atoms with Gasteiger partial charge in [0.05, 0.1) is 11.4 Å². The smallest absolute Gasteiger partial charge is 0.0669 e. The lowest BCUT2D eigenvalue weighted by atomic mass is 9.64. The molecule has 0 amide bonds. The van der Waals surface area contributed by atoms with E-state index in [4.69, 9.17) is 0 Å². The molecule has 4 aliphatic rings. The van der Waals surface area contributed by atoms with Gasteiger partial charge in [0.15, 0.2) is 0 Å². The summed E-state index contributed by atoms with van der Waals surface area (Å²) >= 11 is 0. The van der Waals surface area contributed by atoms with Crippen molar-refractivity contribution in [2.45, 2.75) is 36.8 Å². The molecule has 1 saturated heterocycles. The van der Waals surface area contributed by atoms with Gasteiger partial charge in [-0.15, -0.1) is 0 Å². The van der Waals surface area contributed by atoms with Gasteiger partial charge < -0.3 is 10.6 Å². The zero-order chi connectivity index (χ0) is 10.5. The summed E-state index contributed by atoms with van der Waals surface area (Å²) in [6.07, 6.45) is 6.22. The lowest BCUT2D eigenvalue weighted by Gasteiger charge is -2.50. The van der Waals surface area contributed by atoms with Gasteiger partial charge in [-0.25, -0.2) is 0 Å². The Morgan fingerprint density at radius 1 is 0.875 bits per heavy atom. The van der Waals surface area contributed by atoms with Crippen LogP contribution < -0.4 is 10.6 Å². The molecule has 4 nitrogen and oxygen atoms in total. The molecule has 2 unspecified atom stereocenters. The average Bonchev–Trinajstić information content (AvgIpc) is 2.40. The molecule has 0 spiro atoms. The third kappa shape index (κ3) is 1.06. The molecule has 1 saturated carbocycles. The quantitative estimate of drug-likeness (QED) is 0.658. The standard InChI is InChI=1S/C12H16N4/c1-2-8-11-9(13-3-5-15-11)7(1)10-12(8)16-6-4-14-10/h3,5,7-8,10,12,14,16H,1-2,4,6H2/t7-,8+,10?,12?. The van der Waals surface area contributed by atoms with E-state index in [1.165, 1.54) is 24.2 Å². The van der Waals surface area contributed by atoms with Crippen LogP contribution in [0.1, 0.15) is 36.1 Å². The molecule has 0 aromatic carbocycles. The van der Waals surface area contributed by atoms with Crippen LogP contribution in [0.5, 0.6) is 0 Å². The Hall–Kier alpha value is -1.00. The highest BCUT2D eigenvalue weighted by atomic mass is 15.1. The number of piperazine rings is 1. The Bertz CT molecular complexity index is 380. The van der Waals surface area contributed by atoms with Crippen molar-refractivity contribution in [3.05, 3.63) is 23.8 Å². The Kier molecular flexibility index (Phi) is 1.84. The predicted octanol–water partition coefficient (Wildman–Crippen LogP) is 0.381. The SMILES string of the molecule is c1cnc2c(n1)[C@H]1CC[C@@H]2C2NCCNC21. The summed E-state index contributed by atoms with van der Waals surface area (Å²) < 4.78 is 0. The van der Waals surface area contributed by atoms with Crippen molar-refractivity contribution in [3.63, 3.8) is 0 Å². The van der Waals surface area contributed by atoms with Crippen molar-refractivity contribution in [3.8, 4) is 0 Å². The second kappa shape index (κ2) is 3.25. The zero-order valence-corrected chi connectivity index (χ0v) is 9.19. The van der Waals surface area contributed by atoms with E-state index in [1.54, 1.807) is 0 Å². The van der Waals surface area contributed by atoms with Crippen molar-refractivity contribution in [1.82, 2.24) is 20.6 Å². The molecule has 84 valence electrons. The van der Waals surface area contributed by atoms with Gasteiger partial charge >= 0.3 is 0 Å². The molecular formula is C12H16N4. The summed E-state index contributed by atoms with van der Waals surface area (Å²) in [5, 5.41) is 7.33. The maximum atomic E-state index is 4.56. The molecule has 4 atom stereocenters. The third-order valence-corrected chi connectivity index (χ3v) is 4.39. The number of rotatable bonds is 0. The van der Waals surface area contributed by atoms with Crippen LogP contribution >= 0.6 is 0 Å². The molecule has 2 heterocycles. The normalized spacial score (nSPS) is 40.2. The summed E-state index contributed by atoms with van der Waals surface area (Å²) in [5.41, 5.74) is 2.52. The first-order valence-electron chi connectivity index (χ1n) is 6.23. The molecule has 0 radical (unpaired) electrons. The minimum absolute atomic E-state index is 0.575. The van der Waals surface area contributed by atoms with Gasteiger partial charge in [0, 0.05) is 49.4 Å². The second-order valence-corrected chi connectivity index (χ2v) is 5.08.